The Morgan fingerprint density at radius 3 is 2.24 bits per heavy atom. The van der Waals surface area contributed by atoms with E-state index in [0.717, 1.165) is 17.1 Å². The summed E-state index contributed by atoms with van der Waals surface area (Å²) in [4.78, 5) is 20.2. The molecule has 1 heterocycles. The van der Waals surface area contributed by atoms with Gasteiger partial charge in [-0.2, -0.15) is 0 Å². The van der Waals surface area contributed by atoms with Crippen LogP contribution >= 0.6 is 0 Å². The summed E-state index contributed by atoms with van der Waals surface area (Å²) in [6.07, 6.45) is 1.12. The zero-order chi connectivity index (χ0) is 24.6. The van der Waals surface area contributed by atoms with Gasteiger partial charge < -0.3 is 24.6 Å². The first-order chi connectivity index (χ1) is 16.2. The number of hydrogen-bond acceptors (Lipinski definition) is 8. The molecule has 1 atom stereocenters. The van der Waals surface area contributed by atoms with Crippen molar-refractivity contribution in [3.8, 4) is 11.5 Å². The van der Waals surface area contributed by atoms with Gasteiger partial charge in [-0.15, -0.1) is 0 Å². The first-order valence-electron chi connectivity index (χ1n) is 10.8. The van der Waals surface area contributed by atoms with E-state index in [9.17, 15) is 9.90 Å². The van der Waals surface area contributed by atoms with Crippen LogP contribution in [0.25, 0.3) is 0 Å². The summed E-state index contributed by atoms with van der Waals surface area (Å²) < 4.78 is 15.9. The van der Waals surface area contributed by atoms with E-state index in [0.29, 0.717) is 11.5 Å². The fourth-order valence-corrected chi connectivity index (χ4v) is 2.98. The lowest BCUT2D eigenvalue weighted by Gasteiger charge is -2.30. The summed E-state index contributed by atoms with van der Waals surface area (Å²) in [6.45, 7) is 5.20. The van der Waals surface area contributed by atoms with Crippen molar-refractivity contribution >= 4 is 23.6 Å². The molecular formula is C26H28N3O5-. The zero-order valence-electron chi connectivity index (χ0n) is 19.6. The van der Waals surface area contributed by atoms with Gasteiger partial charge in [0.2, 0.25) is 0 Å². The maximum Gasteiger partial charge on any atom is 0.331 e. The Hall–Kier alpha value is -4.07. The van der Waals surface area contributed by atoms with Gasteiger partial charge in [0.15, 0.2) is 6.04 Å². The number of nitrogens with one attached hydrogen (secondary N) is 1. The highest BCUT2D eigenvalue weighted by Crippen LogP contribution is 2.25. The van der Waals surface area contributed by atoms with Crippen LogP contribution in [-0.4, -0.2) is 35.8 Å². The van der Waals surface area contributed by atoms with Crippen LogP contribution < -0.4 is 15.2 Å². The number of hydrogen-bond donors (Lipinski definition) is 1. The van der Waals surface area contributed by atoms with Gasteiger partial charge in [0, 0.05) is 23.9 Å². The van der Waals surface area contributed by atoms with Crippen molar-refractivity contribution in [2.24, 2.45) is 4.99 Å². The first kappa shape index (κ1) is 24.6. The topological polar surface area (TPSA) is 105 Å². The summed E-state index contributed by atoms with van der Waals surface area (Å²) in [5, 5.41) is 15.3. The maximum absolute atomic E-state index is 12.1. The number of benzene rings is 2. The van der Waals surface area contributed by atoms with Crippen molar-refractivity contribution < 1.29 is 24.1 Å². The molecule has 1 unspecified atom stereocenters. The molecule has 0 radical (unpaired) electrons. The van der Waals surface area contributed by atoms with Crippen LogP contribution in [0.2, 0.25) is 0 Å². The molecule has 8 nitrogen and oxygen atoms in total. The van der Waals surface area contributed by atoms with Gasteiger partial charge in [-0.3, -0.25) is 4.99 Å². The highest BCUT2D eigenvalue weighted by molar-refractivity contribution is 5.79. The van der Waals surface area contributed by atoms with Gasteiger partial charge >= 0.3 is 5.97 Å². The third-order valence-corrected chi connectivity index (χ3v) is 4.51. The number of aromatic nitrogens is 1. The summed E-state index contributed by atoms with van der Waals surface area (Å²) in [5.74, 6) is 1.46. The number of ether oxygens (including phenoxy) is 3. The Bertz CT molecular complexity index is 1090. The molecule has 0 amide bonds. The number of rotatable bonds is 8. The Morgan fingerprint density at radius 2 is 1.68 bits per heavy atom. The van der Waals surface area contributed by atoms with Crippen molar-refractivity contribution in [2.75, 3.05) is 12.4 Å². The Kier molecular flexibility index (Phi) is 8.08. The molecule has 3 rings (SSSR count). The molecule has 0 saturated carbocycles. The van der Waals surface area contributed by atoms with Gasteiger partial charge in [0.25, 0.3) is 0 Å². The second-order valence-corrected chi connectivity index (χ2v) is 8.46. The zero-order valence-corrected chi connectivity index (χ0v) is 19.6. The number of nitrogens with zero attached hydrogens (tertiary/aromatic N) is 2. The Balaban J connectivity index is 1.62. The predicted molar refractivity (Wildman–Crippen MR) is 128 cm³/mol. The normalized spacial score (nSPS) is 12.5. The Labute approximate surface area is 199 Å². The molecule has 2 aromatic carbocycles. The number of pyridine rings is 1. The van der Waals surface area contributed by atoms with Crippen molar-refractivity contribution in [3.63, 3.8) is 0 Å². The molecule has 8 heteroatoms. The number of anilines is 2. The van der Waals surface area contributed by atoms with E-state index < -0.39 is 23.7 Å². The van der Waals surface area contributed by atoms with Crippen molar-refractivity contribution in [1.29, 1.82) is 0 Å². The van der Waals surface area contributed by atoms with E-state index >= 15 is 0 Å². The van der Waals surface area contributed by atoms with E-state index in [4.69, 9.17) is 14.2 Å². The van der Waals surface area contributed by atoms with Gasteiger partial charge in [0.05, 0.1) is 7.11 Å². The lowest BCUT2D eigenvalue weighted by Crippen LogP contribution is -2.35. The molecule has 1 N–H and O–H groups in total. The first-order valence-corrected chi connectivity index (χ1v) is 10.8. The van der Waals surface area contributed by atoms with Crippen molar-refractivity contribution in [3.05, 3.63) is 78.5 Å². The van der Waals surface area contributed by atoms with Gasteiger partial charge in [0.1, 0.15) is 23.4 Å². The average Bonchev–Trinajstić information content (AvgIpc) is 2.80. The highest BCUT2D eigenvalue weighted by Gasteiger charge is 2.19. The minimum absolute atomic E-state index is 0.195. The van der Waals surface area contributed by atoms with Gasteiger partial charge in [-0.25, -0.2) is 9.78 Å². The summed E-state index contributed by atoms with van der Waals surface area (Å²) in [6, 6.07) is 19.4. The van der Waals surface area contributed by atoms with Crippen LogP contribution in [0.4, 0.5) is 11.5 Å². The van der Waals surface area contributed by atoms with Crippen LogP contribution in [0.15, 0.2) is 77.9 Å². The molecule has 0 spiro atoms. The molecule has 0 aliphatic rings. The average molecular weight is 463 g/mol. The maximum atomic E-state index is 12.1. The number of methoxy groups -OCH3 is 1. The second kappa shape index (κ2) is 11.2. The lowest BCUT2D eigenvalue weighted by molar-refractivity contribution is -0.261. The van der Waals surface area contributed by atoms with Crippen molar-refractivity contribution in [1.82, 2.24) is 4.98 Å². The largest absolute Gasteiger partial charge is 0.595 e. The van der Waals surface area contributed by atoms with E-state index in [1.54, 1.807) is 39.1 Å². The second-order valence-electron chi connectivity index (χ2n) is 8.46. The van der Waals surface area contributed by atoms with Crippen LogP contribution in [0.5, 0.6) is 11.5 Å². The fraction of sp³-hybridized carbons (Fsp3) is 0.269. The molecule has 3 aromatic rings. The van der Waals surface area contributed by atoms with Crippen LogP contribution in [0, 0.1) is 0 Å². The lowest BCUT2D eigenvalue weighted by atomic mass is 10.1. The standard InChI is InChI=1S/C26H29N3O5/c1-26(2,3)34-25(31)29-22(24(30)32-4)17-18-8-12-20(13-9-18)33-21-14-10-19(11-15-21)28-23-7-5-6-16-27-23/h5-16,22H,17H2,1-4H3,(H,27,28)(H,29,31)/p-1. The van der Waals surface area contributed by atoms with E-state index in [1.807, 2.05) is 54.6 Å². The molecule has 0 aliphatic heterocycles. The fourth-order valence-electron chi connectivity index (χ4n) is 2.98. The molecule has 0 bridgehead atoms. The number of carbonyl (C=O) groups is 1. The quantitative estimate of drug-likeness (QED) is 0.303. The highest BCUT2D eigenvalue weighted by atomic mass is 16.6. The van der Waals surface area contributed by atoms with E-state index in [-0.39, 0.29) is 6.42 Å². The predicted octanol–water partition coefficient (Wildman–Crippen LogP) is 4.23. The summed E-state index contributed by atoms with van der Waals surface area (Å²) >= 11 is 0. The van der Waals surface area contributed by atoms with Gasteiger partial charge in [-0.05, 0) is 54.1 Å². The summed E-state index contributed by atoms with van der Waals surface area (Å²) in [7, 11) is 1.26. The minimum Gasteiger partial charge on any atom is -0.595 e. The minimum atomic E-state index is -0.995. The third kappa shape index (κ3) is 7.81. The monoisotopic (exact) mass is 462 g/mol. The molecule has 0 saturated heterocycles. The van der Waals surface area contributed by atoms with E-state index in [2.05, 4.69) is 15.3 Å². The van der Waals surface area contributed by atoms with Crippen LogP contribution in [-0.2, 0) is 20.7 Å². The summed E-state index contributed by atoms with van der Waals surface area (Å²) in [5.41, 5.74) is 0.987. The molecule has 0 aliphatic carbocycles. The number of esters is 1. The van der Waals surface area contributed by atoms with Gasteiger partial charge in [-0.1, -0.05) is 39.0 Å². The van der Waals surface area contributed by atoms with Crippen LogP contribution in [0.1, 0.15) is 26.3 Å². The molecule has 0 fully saturated rings. The number of carbonyl (C=O) groups excluding carboxylic acids is 1. The molecule has 178 valence electrons. The molecule has 34 heavy (non-hydrogen) atoms. The van der Waals surface area contributed by atoms with E-state index in [1.165, 1.54) is 7.11 Å². The Morgan fingerprint density at radius 1 is 1.03 bits per heavy atom. The third-order valence-electron chi connectivity index (χ3n) is 4.51. The molecular weight excluding hydrogens is 434 g/mol. The van der Waals surface area contributed by atoms with Crippen LogP contribution in [0.3, 0.4) is 0 Å². The van der Waals surface area contributed by atoms with Crippen molar-refractivity contribution in [2.45, 2.75) is 38.8 Å². The SMILES string of the molecule is COC(=O)C(Cc1ccc(Oc2ccc(Nc3ccccn3)cc2)cc1)N=C([O-])OC(C)(C)C. The number of aliphatic imine (C=N–C) groups is 1. The smallest absolute Gasteiger partial charge is 0.331 e. The molecule has 1 aromatic heterocycles.